The molecule has 0 aromatic carbocycles. The van der Waals surface area contributed by atoms with Crippen LogP contribution in [0.2, 0.25) is 0 Å². The van der Waals surface area contributed by atoms with E-state index in [1.165, 1.54) is 0 Å². The van der Waals surface area contributed by atoms with Gasteiger partial charge in [0.25, 0.3) is 0 Å². The normalized spacial score (nSPS) is 20.9. The Labute approximate surface area is 119 Å². The third-order valence-corrected chi connectivity index (χ3v) is 3.45. The zero-order chi connectivity index (χ0) is 14.8. The first-order valence-electron chi connectivity index (χ1n) is 7.09. The maximum Gasteiger partial charge on any atom is 0.240 e. The van der Waals surface area contributed by atoms with Gasteiger partial charge in [-0.15, -0.1) is 0 Å². The Hall–Kier alpha value is -1.40. The fraction of sp³-hybridized carbons (Fsp3) is 0.714. The zero-order valence-corrected chi connectivity index (χ0v) is 12.5. The van der Waals surface area contributed by atoms with Crippen molar-refractivity contribution in [2.75, 3.05) is 25.0 Å². The van der Waals surface area contributed by atoms with E-state index in [1.807, 2.05) is 20.8 Å². The van der Waals surface area contributed by atoms with Gasteiger partial charge in [-0.3, -0.25) is 15.0 Å². The SMILES string of the molecule is CC(C)(C)c1cc(NC(=O)CN2CCCC(N)C2)on1. The Morgan fingerprint density at radius 1 is 1.60 bits per heavy atom. The van der Waals surface area contributed by atoms with Crippen molar-refractivity contribution >= 4 is 11.8 Å². The summed E-state index contributed by atoms with van der Waals surface area (Å²) in [6.07, 6.45) is 2.08. The van der Waals surface area contributed by atoms with Gasteiger partial charge in [0.1, 0.15) is 0 Å². The highest BCUT2D eigenvalue weighted by molar-refractivity contribution is 5.91. The van der Waals surface area contributed by atoms with Gasteiger partial charge >= 0.3 is 0 Å². The highest BCUT2D eigenvalue weighted by Gasteiger charge is 2.21. The third-order valence-electron chi connectivity index (χ3n) is 3.45. The van der Waals surface area contributed by atoms with Crippen LogP contribution in [0.3, 0.4) is 0 Å². The minimum Gasteiger partial charge on any atom is -0.338 e. The molecule has 0 bridgehead atoms. The van der Waals surface area contributed by atoms with Crippen molar-refractivity contribution < 1.29 is 9.32 Å². The number of carbonyl (C=O) groups excluding carboxylic acids is 1. The van der Waals surface area contributed by atoms with Crippen LogP contribution in [-0.2, 0) is 10.2 Å². The molecule has 1 unspecified atom stereocenters. The molecule has 6 nitrogen and oxygen atoms in total. The van der Waals surface area contributed by atoms with Crippen LogP contribution in [-0.4, -0.2) is 41.6 Å². The number of rotatable bonds is 3. The molecule has 3 N–H and O–H groups in total. The first-order valence-corrected chi connectivity index (χ1v) is 7.09. The van der Waals surface area contributed by atoms with Crippen LogP contribution in [0.25, 0.3) is 0 Å². The Bertz CT molecular complexity index is 464. The lowest BCUT2D eigenvalue weighted by Crippen LogP contribution is -2.45. The number of hydrogen-bond acceptors (Lipinski definition) is 5. The molecule has 1 atom stereocenters. The molecule has 1 fully saturated rings. The van der Waals surface area contributed by atoms with Crippen molar-refractivity contribution in [3.05, 3.63) is 11.8 Å². The molecule has 6 heteroatoms. The van der Waals surface area contributed by atoms with Gasteiger partial charge in [0, 0.05) is 24.1 Å². The number of likely N-dealkylation sites (tertiary alicyclic amines) is 1. The van der Waals surface area contributed by atoms with E-state index < -0.39 is 0 Å². The van der Waals surface area contributed by atoms with Gasteiger partial charge in [0.15, 0.2) is 0 Å². The van der Waals surface area contributed by atoms with Crippen molar-refractivity contribution in [1.82, 2.24) is 10.1 Å². The lowest BCUT2D eigenvalue weighted by molar-refractivity contribution is -0.117. The summed E-state index contributed by atoms with van der Waals surface area (Å²) in [5.74, 6) is 0.317. The van der Waals surface area contributed by atoms with Crippen LogP contribution < -0.4 is 11.1 Å². The van der Waals surface area contributed by atoms with E-state index in [1.54, 1.807) is 6.07 Å². The minimum absolute atomic E-state index is 0.0873. The van der Waals surface area contributed by atoms with Crippen LogP contribution in [0.5, 0.6) is 0 Å². The predicted octanol–water partition coefficient (Wildman–Crippen LogP) is 1.33. The lowest BCUT2D eigenvalue weighted by atomic mass is 9.92. The summed E-state index contributed by atoms with van der Waals surface area (Å²) in [5, 5.41) is 6.72. The summed E-state index contributed by atoms with van der Waals surface area (Å²) < 4.78 is 5.15. The highest BCUT2D eigenvalue weighted by Crippen LogP contribution is 2.23. The lowest BCUT2D eigenvalue weighted by Gasteiger charge is -2.29. The number of piperidine rings is 1. The van der Waals surface area contributed by atoms with Crippen LogP contribution in [0.1, 0.15) is 39.3 Å². The smallest absolute Gasteiger partial charge is 0.240 e. The molecular weight excluding hydrogens is 256 g/mol. The average Bonchev–Trinajstić information content (AvgIpc) is 2.76. The van der Waals surface area contributed by atoms with E-state index in [9.17, 15) is 4.79 Å². The van der Waals surface area contributed by atoms with Gasteiger partial charge in [0.05, 0.1) is 12.2 Å². The third kappa shape index (κ3) is 4.05. The van der Waals surface area contributed by atoms with E-state index >= 15 is 0 Å². The number of nitrogens with one attached hydrogen (secondary N) is 1. The maximum atomic E-state index is 12.0. The van der Waals surface area contributed by atoms with Crippen molar-refractivity contribution in [1.29, 1.82) is 0 Å². The average molecular weight is 280 g/mol. The molecule has 20 heavy (non-hydrogen) atoms. The number of anilines is 1. The van der Waals surface area contributed by atoms with Crippen LogP contribution in [0.15, 0.2) is 10.6 Å². The molecule has 0 radical (unpaired) electrons. The monoisotopic (exact) mass is 280 g/mol. The topological polar surface area (TPSA) is 84.4 Å². The van der Waals surface area contributed by atoms with E-state index in [2.05, 4.69) is 15.4 Å². The Morgan fingerprint density at radius 2 is 2.35 bits per heavy atom. The highest BCUT2D eigenvalue weighted by atomic mass is 16.5. The molecule has 0 spiro atoms. The fourth-order valence-corrected chi connectivity index (χ4v) is 2.30. The number of aromatic nitrogens is 1. The zero-order valence-electron chi connectivity index (χ0n) is 12.5. The molecule has 1 aromatic heterocycles. The Morgan fingerprint density at radius 3 is 2.95 bits per heavy atom. The maximum absolute atomic E-state index is 12.0. The second-order valence-electron chi connectivity index (χ2n) is 6.51. The molecule has 112 valence electrons. The first kappa shape index (κ1) is 15.0. The van der Waals surface area contributed by atoms with Crippen LogP contribution in [0, 0.1) is 0 Å². The number of nitrogens with zero attached hydrogens (tertiary/aromatic N) is 2. The number of amides is 1. The van der Waals surface area contributed by atoms with Gasteiger partial charge in [-0.25, -0.2) is 0 Å². The Balaban J connectivity index is 1.86. The molecule has 1 amide bonds. The van der Waals surface area contributed by atoms with E-state index in [0.29, 0.717) is 12.4 Å². The molecule has 1 aliphatic rings. The quantitative estimate of drug-likeness (QED) is 0.872. The van der Waals surface area contributed by atoms with Crippen molar-refractivity contribution in [3.63, 3.8) is 0 Å². The fourth-order valence-electron chi connectivity index (χ4n) is 2.30. The summed E-state index contributed by atoms with van der Waals surface area (Å²) in [4.78, 5) is 14.0. The van der Waals surface area contributed by atoms with E-state index in [4.69, 9.17) is 10.3 Å². The van der Waals surface area contributed by atoms with Crippen LogP contribution >= 0.6 is 0 Å². The summed E-state index contributed by atoms with van der Waals surface area (Å²) >= 11 is 0. The van der Waals surface area contributed by atoms with Crippen LogP contribution in [0.4, 0.5) is 5.88 Å². The Kier molecular flexibility index (Phi) is 4.45. The first-order chi connectivity index (χ1) is 9.34. The predicted molar refractivity (Wildman–Crippen MR) is 77.5 cm³/mol. The summed E-state index contributed by atoms with van der Waals surface area (Å²) in [6, 6.07) is 1.95. The molecule has 0 aliphatic carbocycles. The van der Waals surface area contributed by atoms with Gasteiger partial charge in [-0.2, -0.15) is 0 Å². The standard InChI is InChI=1S/C14H24N4O2/c1-14(2,3)11-7-13(20-17-11)16-12(19)9-18-6-4-5-10(15)8-18/h7,10H,4-6,8-9,15H2,1-3H3,(H,16,19). The second-order valence-corrected chi connectivity index (χ2v) is 6.51. The number of nitrogens with two attached hydrogens (primary N) is 1. The van der Waals surface area contributed by atoms with Gasteiger partial charge in [0.2, 0.25) is 11.8 Å². The van der Waals surface area contributed by atoms with Crippen molar-refractivity contribution in [2.45, 2.75) is 45.1 Å². The molecule has 1 aromatic rings. The number of hydrogen-bond donors (Lipinski definition) is 2. The molecule has 1 aliphatic heterocycles. The molecule has 2 heterocycles. The second kappa shape index (κ2) is 5.93. The van der Waals surface area contributed by atoms with Crippen molar-refractivity contribution in [3.8, 4) is 0 Å². The van der Waals surface area contributed by atoms with Gasteiger partial charge in [-0.1, -0.05) is 25.9 Å². The van der Waals surface area contributed by atoms with E-state index in [0.717, 1.165) is 31.6 Å². The van der Waals surface area contributed by atoms with Crippen molar-refractivity contribution in [2.24, 2.45) is 5.73 Å². The molecule has 0 saturated carbocycles. The molecule has 2 rings (SSSR count). The molecule has 1 saturated heterocycles. The summed E-state index contributed by atoms with van der Waals surface area (Å²) in [7, 11) is 0. The number of carbonyl (C=O) groups is 1. The molecular formula is C14H24N4O2. The van der Waals surface area contributed by atoms with E-state index in [-0.39, 0.29) is 17.4 Å². The minimum atomic E-state index is -0.0912. The summed E-state index contributed by atoms with van der Waals surface area (Å²) in [6.45, 7) is 8.18. The van der Waals surface area contributed by atoms with Gasteiger partial charge < -0.3 is 10.3 Å². The van der Waals surface area contributed by atoms with Gasteiger partial charge in [-0.05, 0) is 19.4 Å². The largest absolute Gasteiger partial charge is 0.338 e. The summed E-state index contributed by atoms with van der Waals surface area (Å²) in [5.41, 5.74) is 6.64.